The maximum Gasteiger partial charge on any atom is 0.416 e. The van der Waals surface area contributed by atoms with Crippen LogP contribution in [0.3, 0.4) is 0 Å². The molecule has 6 nitrogen and oxygen atoms in total. The maximum atomic E-state index is 14.3. The topological polar surface area (TPSA) is 65.5 Å². The summed E-state index contributed by atoms with van der Waals surface area (Å²) in [5.74, 6) is -0.513. The lowest BCUT2D eigenvalue weighted by Crippen LogP contribution is -2.29. The van der Waals surface area contributed by atoms with Crippen molar-refractivity contribution in [3.8, 4) is 0 Å². The van der Waals surface area contributed by atoms with E-state index in [0.717, 1.165) is 30.7 Å². The minimum Gasteiger partial charge on any atom is -0.342 e. The zero-order chi connectivity index (χ0) is 27.3. The van der Waals surface area contributed by atoms with Gasteiger partial charge in [0.05, 0.1) is 16.3 Å². The Balaban J connectivity index is 1.85. The average Bonchev–Trinajstić information content (AvgIpc) is 3.39. The smallest absolute Gasteiger partial charge is 0.342 e. The molecule has 2 aliphatic heterocycles. The molecule has 1 saturated heterocycles. The van der Waals surface area contributed by atoms with Crippen molar-refractivity contribution in [3.63, 3.8) is 0 Å². The minimum atomic E-state index is -4.74. The molecule has 2 aromatic rings. The fourth-order valence-corrected chi connectivity index (χ4v) is 5.14. The number of fused-ring (bicyclic) bond motifs is 1. The Morgan fingerprint density at radius 1 is 1.16 bits per heavy atom. The molecular formula is C28H27F3N4O2S. The molecule has 0 saturated carbocycles. The summed E-state index contributed by atoms with van der Waals surface area (Å²) in [6.07, 6.45) is 2.52. The highest BCUT2D eigenvalue weighted by Crippen LogP contribution is 2.42. The molecule has 0 spiro atoms. The summed E-state index contributed by atoms with van der Waals surface area (Å²) in [5, 5.41) is 3.13. The summed E-state index contributed by atoms with van der Waals surface area (Å²) in [6.45, 7) is 8.72. The highest BCUT2D eigenvalue weighted by molar-refractivity contribution is 7.99. The van der Waals surface area contributed by atoms with Gasteiger partial charge in [-0.1, -0.05) is 49.2 Å². The number of nitrogens with zero attached hydrogens (tertiary/aromatic N) is 3. The Morgan fingerprint density at radius 3 is 2.50 bits per heavy atom. The number of hydrogen-bond donors (Lipinski definition) is 1. The molecule has 198 valence electrons. The third-order valence-electron chi connectivity index (χ3n) is 6.09. The molecule has 2 aliphatic rings. The molecule has 1 aromatic heterocycles. The number of hydrogen-bond acceptors (Lipinski definition) is 6. The van der Waals surface area contributed by atoms with Crippen molar-refractivity contribution in [2.45, 2.75) is 30.5 Å². The Bertz CT molecular complexity index is 1300. The predicted octanol–water partition coefficient (Wildman–Crippen LogP) is 5.77. The first-order valence-corrected chi connectivity index (χ1v) is 13.0. The van der Waals surface area contributed by atoms with E-state index in [2.05, 4.69) is 23.5 Å². The van der Waals surface area contributed by atoms with Gasteiger partial charge in [0.25, 0.3) is 0 Å². The summed E-state index contributed by atoms with van der Waals surface area (Å²) < 4.78 is 43.0. The van der Waals surface area contributed by atoms with Gasteiger partial charge in [0, 0.05) is 42.5 Å². The van der Waals surface area contributed by atoms with E-state index in [9.17, 15) is 22.8 Å². The zero-order valence-electron chi connectivity index (χ0n) is 20.6. The van der Waals surface area contributed by atoms with Gasteiger partial charge in [-0.25, -0.2) is 4.98 Å². The van der Waals surface area contributed by atoms with Crippen LogP contribution in [0.25, 0.3) is 0 Å². The van der Waals surface area contributed by atoms with Gasteiger partial charge in [-0.15, -0.1) is 0 Å². The van der Waals surface area contributed by atoms with Crippen molar-refractivity contribution < 1.29 is 22.8 Å². The highest BCUT2D eigenvalue weighted by Gasteiger charge is 2.39. The number of alkyl halides is 3. The number of amides is 1. The second kappa shape index (κ2) is 11.7. The first kappa shape index (κ1) is 27.3. The van der Waals surface area contributed by atoms with E-state index in [0.29, 0.717) is 24.5 Å². The first-order valence-electron chi connectivity index (χ1n) is 12.0. The van der Waals surface area contributed by atoms with Gasteiger partial charge in [-0.05, 0) is 43.2 Å². The number of para-hydroxylation sites is 1. The van der Waals surface area contributed by atoms with Crippen molar-refractivity contribution in [3.05, 3.63) is 96.5 Å². The molecule has 3 heterocycles. The van der Waals surface area contributed by atoms with E-state index in [1.807, 2.05) is 0 Å². The van der Waals surface area contributed by atoms with Gasteiger partial charge in [0.1, 0.15) is 11.6 Å². The van der Waals surface area contributed by atoms with E-state index in [4.69, 9.17) is 0 Å². The number of ketones is 1. The van der Waals surface area contributed by atoms with Crippen molar-refractivity contribution in [1.82, 2.24) is 15.2 Å². The lowest BCUT2D eigenvalue weighted by Gasteiger charge is -2.29. The number of anilines is 2. The summed E-state index contributed by atoms with van der Waals surface area (Å²) >= 11 is 0.956. The van der Waals surface area contributed by atoms with Crippen LogP contribution in [-0.4, -0.2) is 40.4 Å². The van der Waals surface area contributed by atoms with E-state index < -0.39 is 23.9 Å². The highest BCUT2D eigenvalue weighted by atomic mass is 32.2. The summed E-state index contributed by atoms with van der Waals surface area (Å²) in [5.41, 5.74) is -0.197. The number of nitrogens with one attached hydrogen (secondary N) is 1. The van der Waals surface area contributed by atoms with E-state index in [-0.39, 0.29) is 33.9 Å². The molecule has 0 atom stereocenters. The van der Waals surface area contributed by atoms with Gasteiger partial charge < -0.3 is 10.2 Å². The van der Waals surface area contributed by atoms with Crippen molar-refractivity contribution >= 4 is 35.0 Å². The third kappa shape index (κ3) is 6.19. The molecule has 1 aromatic carbocycles. The largest absolute Gasteiger partial charge is 0.416 e. The lowest BCUT2D eigenvalue weighted by molar-refractivity contribution is -0.138. The minimum absolute atomic E-state index is 0.0308. The number of allylic oxidation sites excluding steroid dienone is 4. The van der Waals surface area contributed by atoms with Crippen LogP contribution in [0, 0.1) is 0 Å². The number of carbonyl (C=O) groups excluding carboxylic acids is 2. The molecule has 1 N–H and O–H groups in total. The van der Waals surface area contributed by atoms with E-state index in [1.165, 1.54) is 23.1 Å². The fraction of sp³-hybridized carbons (Fsp3) is 0.250. The molecule has 1 fully saturated rings. The van der Waals surface area contributed by atoms with Gasteiger partial charge in [0.15, 0.2) is 5.78 Å². The molecule has 1 amide bonds. The molecular weight excluding hydrogens is 513 g/mol. The summed E-state index contributed by atoms with van der Waals surface area (Å²) in [6, 6.07) is 9.62. The van der Waals surface area contributed by atoms with Gasteiger partial charge in [0.2, 0.25) is 5.91 Å². The number of pyridine rings is 1. The lowest BCUT2D eigenvalue weighted by atomic mass is 10.0. The zero-order valence-corrected chi connectivity index (χ0v) is 21.4. The second-order valence-electron chi connectivity index (χ2n) is 8.72. The predicted molar refractivity (Wildman–Crippen MR) is 143 cm³/mol. The van der Waals surface area contributed by atoms with Gasteiger partial charge in [-0.2, -0.15) is 13.2 Å². The molecule has 10 heteroatoms. The quantitative estimate of drug-likeness (QED) is 0.339. The number of benzene rings is 1. The molecule has 4 rings (SSSR count). The van der Waals surface area contributed by atoms with Crippen molar-refractivity contribution in [1.29, 1.82) is 0 Å². The molecule has 0 unspecified atom stereocenters. The third-order valence-corrected chi connectivity index (χ3v) is 6.99. The monoisotopic (exact) mass is 540 g/mol. The van der Waals surface area contributed by atoms with Crippen LogP contribution in [0.5, 0.6) is 0 Å². The van der Waals surface area contributed by atoms with Crippen LogP contribution in [0.15, 0.2) is 90.4 Å². The van der Waals surface area contributed by atoms with Crippen molar-refractivity contribution in [2.75, 3.05) is 23.7 Å². The molecule has 0 bridgehead atoms. The normalized spacial score (nSPS) is 16.0. The summed E-state index contributed by atoms with van der Waals surface area (Å²) in [4.78, 5) is 33.3. The number of rotatable bonds is 8. The molecule has 38 heavy (non-hydrogen) atoms. The fourth-order valence-electron chi connectivity index (χ4n) is 4.34. The number of carbonyl (C=O) groups is 2. The summed E-state index contributed by atoms with van der Waals surface area (Å²) in [7, 11) is 0. The Hall–Kier alpha value is -3.79. The Kier molecular flexibility index (Phi) is 8.41. The number of aromatic nitrogens is 1. The van der Waals surface area contributed by atoms with Crippen LogP contribution in [-0.2, 0) is 22.2 Å². The van der Waals surface area contributed by atoms with Crippen molar-refractivity contribution in [2.24, 2.45) is 0 Å². The van der Waals surface area contributed by atoms with Crippen LogP contribution >= 0.6 is 11.8 Å². The van der Waals surface area contributed by atoms with Crippen LogP contribution < -0.4 is 10.2 Å². The standard InChI is InChI=1S/C28H27F3N4O2S/c1-3-10-19(4-2)32-24-16-21(36)15-22-23(28(29,30)31)17-25(38-18-26(37)34-13-8-9-14-34)33-27(22)35(24)20-11-6-5-7-12-20/h3-7,10-12,16-17,32H,1-2,8-9,13-15,18H2/b19-10+. The maximum absolute atomic E-state index is 14.3. The van der Waals surface area contributed by atoms with Gasteiger partial charge in [-0.3, -0.25) is 14.5 Å². The number of likely N-dealkylation sites (tertiary alicyclic amines) is 1. The van der Waals surface area contributed by atoms with Gasteiger partial charge >= 0.3 is 6.18 Å². The van der Waals surface area contributed by atoms with Crippen LogP contribution in [0.4, 0.5) is 24.7 Å². The number of thioether (sulfide) groups is 1. The Morgan fingerprint density at radius 2 is 1.87 bits per heavy atom. The number of halogens is 3. The SMILES string of the molecule is C=C/C=C(\C=C)NC1=CC(=O)Cc2c(C(F)(F)F)cc(SCC(=O)N3CCCC3)nc2N1c1ccccc1. The van der Waals surface area contributed by atoms with E-state index in [1.54, 1.807) is 41.3 Å². The molecule has 0 radical (unpaired) electrons. The molecule has 0 aliphatic carbocycles. The van der Waals surface area contributed by atoms with Crippen LogP contribution in [0.2, 0.25) is 0 Å². The van der Waals surface area contributed by atoms with Crippen LogP contribution in [0.1, 0.15) is 24.0 Å². The first-order chi connectivity index (χ1) is 18.2. The van der Waals surface area contributed by atoms with E-state index >= 15 is 0 Å². The Labute approximate surface area is 223 Å². The average molecular weight is 541 g/mol. The second-order valence-corrected chi connectivity index (χ2v) is 9.71.